The van der Waals surface area contributed by atoms with Crippen LogP contribution < -0.4 is 5.46 Å². The molecule has 1 aliphatic heterocycles. The second kappa shape index (κ2) is 5.24. The number of hydrogen-bond acceptors (Lipinski definition) is 3. The standard InChI is InChI=1S/C14H20BFO3S/c1-6-20(17)10-7-8-12(16)11(9-10)15-18-13(2,3)14(4,5)19-15/h7-9H,6H2,1-5H3. The minimum atomic E-state index is -1.13. The van der Waals surface area contributed by atoms with Gasteiger partial charge in [0.25, 0.3) is 0 Å². The highest BCUT2D eigenvalue weighted by molar-refractivity contribution is 7.85. The first-order chi connectivity index (χ1) is 9.18. The Morgan fingerprint density at radius 3 is 2.25 bits per heavy atom. The van der Waals surface area contributed by atoms with E-state index in [0.29, 0.717) is 16.1 Å². The Kier molecular flexibility index (Phi) is 4.11. The Balaban J connectivity index is 2.37. The van der Waals surface area contributed by atoms with E-state index in [-0.39, 0.29) is 0 Å². The molecule has 0 saturated carbocycles. The Labute approximate surface area is 122 Å². The van der Waals surface area contributed by atoms with Gasteiger partial charge < -0.3 is 9.31 Å². The molecule has 1 heterocycles. The molecular formula is C14H20BFO3S. The molecule has 1 aromatic rings. The van der Waals surface area contributed by atoms with Crippen molar-refractivity contribution in [2.45, 2.75) is 50.7 Å². The molecule has 3 nitrogen and oxygen atoms in total. The molecule has 1 fully saturated rings. The van der Waals surface area contributed by atoms with Crippen molar-refractivity contribution >= 4 is 23.4 Å². The summed E-state index contributed by atoms with van der Waals surface area (Å²) in [5, 5.41) is 0. The largest absolute Gasteiger partial charge is 0.497 e. The lowest BCUT2D eigenvalue weighted by atomic mass is 9.79. The van der Waals surface area contributed by atoms with Gasteiger partial charge in [0.05, 0.1) is 22.0 Å². The summed E-state index contributed by atoms with van der Waals surface area (Å²) in [6.07, 6.45) is 0. The van der Waals surface area contributed by atoms with Crippen LogP contribution in [0.2, 0.25) is 0 Å². The zero-order valence-electron chi connectivity index (χ0n) is 12.5. The Morgan fingerprint density at radius 1 is 1.20 bits per heavy atom. The lowest BCUT2D eigenvalue weighted by Gasteiger charge is -2.32. The first kappa shape index (κ1) is 15.7. The number of rotatable bonds is 3. The quantitative estimate of drug-likeness (QED) is 0.803. The third-order valence-corrected chi connectivity index (χ3v) is 5.30. The van der Waals surface area contributed by atoms with Crippen molar-refractivity contribution in [3.05, 3.63) is 24.0 Å². The van der Waals surface area contributed by atoms with Gasteiger partial charge in [-0.3, -0.25) is 4.21 Å². The molecule has 0 amide bonds. The second-order valence-electron chi connectivity index (χ2n) is 5.91. The summed E-state index contributed by atoms with van der Waals surface area (Å²) in [6.45, 7) is 9.49. The summed E-state index contributed by atoms with van der Waals surface area (Å²) < 4.78 is 37.6. The molecule has 1 aromatic carbocycles. The molecular weight excluding hydrogens is 278 g/mol. The second-order valence-corrected chi connectivity index (χ2v) is 7.65. The summed E-state index contributed by atoms with van der Waals surface area (Å²) in [6, 6.07) is 4.45. The topological polar surface area (TPSA) is 35.5 Å². The van der Waals surface area contributed by atoms with Crippen LogP contribution in [0, 0.1) is 5.82 Å². The van der Waals surface area contributed by atoms with Crippen LogP contribution in [-0.4, -0.2) is 28.3 Å². The number of halogens is 1. The molecule has 1 atom stereocenters. The number of hydrogen-bond donors (Lipinski definition) is 0. The van der Waals surface area contributed by atoms with Crippen LogP contribution in [0.3, 0.4) is 0 Å². The molecule has 20 heavy (non-hydrogen) atoms. The third-order valence-electron chi connectivity index (χ3n) is 4.00. The molecule has 1 unspecified atom stereocenters. The zero-order valence-corrected chi connectivity index (χ0v) is 13.3. The van der Waals surface area contributed by atoms with Crippen molar-refractivity contribution in [1.29, 1.82) is 0 Å². The fourth-order valence-electron chi connectivity index (χ4n) is 1.98. The van der Waals surface area contributed by atoms with Gasteiger partial charge >= 0.3 is 7.12 Å². The fourth-order valence-corrected chi connectivity index (χ4v) is 2.79. The van der Waals surface area contributed by atoms with E-state index in [2.05, 4.69) is 0 Å². The van der Waals surface area contributed by atoms with E-state index in [1.165, 1.54) is 6.07 Å². The molecule has 0 bridgehead atoms. The van der Waals surface area contributed by atoms with E-state index in [0.717, 1.165) is 0 Å². The van der Waals surface area contributed by atoms with Crippen molar-refractivity contribution in [2.24, 2.45) is 0 Å². The minimum absolute atomic E-state index is 0.308. The average Bonchev–Trinajstić information content (AvgIpc) is 2.58. The summed E-state index contributed by atoms with van der Waals surface area (Å²) in [5.41, 5.74) is -0.739. The van der Waals surface area contributed by atoms with Gasteiger partial charge in [-0.05, 0) is 45.9 Å². The van der Waals surface area contributed by atoms with Crippen LogP contribution in [0.1, 0.15) is 34.6 Å². The van der Waals surface area contributed by atoms with E-state index in [9.17, 15) is 8.60 Å². The maximum atomic E-state index is 14.0. The third kappa shape index (κ3) is 2.69. The van der Waals surface area contributed by atoms with Crippen LogP contribution in [0.5, 0.6) is 0 Å². The number of benzene rings is 1. The molecule has 0 radical (unpaired) electrons. The average molecular weight is 298 g/mol. The van der Waals surface area contributed by atoms with Gasteiger partial charge in [-0.15, -0.1) is 0 Å². The monoisotopic (exact) mass is 298 g/mol. The van der Waals surface area contributed by atoms with Gasteiger partial charge in [-0.25, -0.2) is 4.39 Å². The lowest BCUT2D eigenvalue weighted by Crippen LogP contribution is -2.41. The van der Waals surface area contributed by atoms with Crippen LogP contribution >= 0.6 is 0 Å². The first-order valence-corrected chi connectivity index (χ1v) is 8.03. The molecule has 6 heteroatoms. The molecule has 0 aromatic heterocycles. The lowest BCUT2D eigenvalue weighted by molar-refractivity contribution is 0.00578. The van der Waals surface area contributed by atoms with Crippen molar-refractivity contribution in [1.82, 2.24) is 0 Å². The molecule has 110 valence electrons. The van der Waals surface area contributed by atoms with Crippen molar-refractivity contribution < 1.29 is 17.9 Å². The normalized spacial score (nSPS) is 22.0. The molecule has 0 N–H and O–H groups in total. The molecule has 0 spiro atoms. The summed E-state index contributed by atoms with van der Waals surface area (Å²) in [5.74, 6) is 0.0920. The van der Waals surface area contributed by atoms with E-state index in [4.69, 9.17) is 9.31 Å². The van der Waals surface area contributed by atoms with Crippen LogP contribution in [-0.2, 0) is 20.1 Å². The summed E-state index contributed by atoms with van der Waals surface area (Å²) in [7, 11) is -1.89. The minimum Gasteiger partial charge on any atom is -0.399 e. The summed E-state index contributed by atoms with van der Waals surface area (Å²) in [4.78, 5) is 0.596. The van der Waals surface area contributed by atoms with Crippen LogP contribution in [0.15, 0.2) is 23.1 Å². The summed E-state index contributed by atoms with van der Waals surface area (Å²) >= 11 is 0. The van der Waals surface area contributed by atoms with Gasteiger partial charge in [0.2, 0.25) is 0 Å². The molecule has 2 rings (SSSR count). The van der Waals surface area contributed by atoms with Crippen molar-refractivity contribution in [3.8, 4) is 0 Å². The first-order valence-electron chi connectivity index (χ1n) is 6.71. The van der Waals surface area contributed by atoms with Crippen molar-refractivity contribution in [2.75, 3.05) is 5.75 Å². The maximum absolute atomic E-state index is 14.0. The van der Waals surface area contributed by atoms with E-state index in [1.54, 1.807) is 12.1 Å². The predicted octanol–water partition coefficient (Wildman–Crippen LogP) is 2.25. The Morgan fingerprint density at radius 2 is 1.75 bits per heavy atom. The molecule has 1 aliphatic rings. The SMILES string of the molecule is CCS(=O)c1ccc(F)c(B2OC(C)(C)C(C)(C)O2)c1. The van der Waals surface area contributed by atoms with Gasteiger partial charge in [0, 0.05) is 16.1 Å². The van der Waals surface area contributed by atoms with E-state index in [1.807, 2.05) is 34.6 Å². The van der Waals surface area contributed by atoms with E-state index >= 15 is 0 Å². The van der Waals surface area contributed by atoms with E-state index < -0.39 is 34.9 Å². The highest BCUT2D eigenvalue weighted by Crippen LogP contribution is 2.36. The smallest absolute Gasteiger partial charge is 0.399 e. The molecule has 1 saturated heterocycles. The highest BCUT2D eigenvalue weighted by atomic mass is 32.2. The fraction of sp³-hybridized carbons (Fsp3) is 0.571. The Bertz CT molecular complexity index is 529. The maximum Gasteiger partial charge on any atom is 0.497 e. The van der Waals surface area contributed by atoms with Gasteiger partial charge in [0.15, 0.2) is 0 Å². The van der Waals surface area contributed by atoms with Crippen LogP contribution in [0.25, 0.3) is 0 Å². The van der Waals surface area contributed by atoms with Crippen LogP contribution in [0.4, 0.5) is 4.39 Å². The zero-order chi connectivity index (χ0) is 15.1. The van der Waals surface area contributed by atoms with Gasteiger partial charge in [0.1, 0.15) is 5.82 Å². The highest BCUT2D eigenvalue weighted by Gasteiger charge is 2.52. The van der Waals surface area contributed by atoms with Gasteiger partial charge in [-0.2, -0.15) is 0 Å². The Hall–Kier alpha value is -0.715. The van der Waals surface area contributed by atoms with Crippen molar-refractivity contribution in [3.63, 3.8) is 0 Å². The van der Waals surface area contributed by atoms with Gasteiger partial charge in [-0.1, -0.05) is 6.92 Å². The molecule has 0 aliphatic carbocycles. The predicted molar refractivity (Wildman–Crippen MR) is 79.1 cm³/mol.